The summed E-state index contributed by atoms with van der Waals surface area (Å²) in [6.07, 6.45) is 3.69. The van der Waals surface area contributed by atoms with Crippen molar-refractivity contribution >= 4 is 53.4 Å². The normalized spacial score (nSPS) is 11.5. The van der Waals surface area contributed by atoms with Gasteiger partial charge in [0.25, 0.3) is 0 Å². The first kappa shape index (κ1) is 35.9. The highest BCUT2D eigenvalue weighted by Gasteiger charge is 2.20. The fourth-order valence-electron chi connectivity index (χ4n) is 8.74. The molecule has 0 unspecified atom stereocenters. The van der Waals surface area contributed by atoms with Crippen LogP contribution in [0.3, 0.4) is 0 Å². The van der Waals surface area contributed by atoms with E-state index in [-0.39, 0.29) is 0 Å². The van der Waals surface area contributed by atoms with Gasteiger partial charge in [0.2, 0.25) is 0 Å². The van der Waals surface area contributed by atoms with Crippen LogP contribution in [0.2, 0.25) is 0 Å². The fraction of sp³-hybridized carbons (Fsp3) is 0. The molecule has 0 bridgehead atoms. The van der Waals surface area contributed by atoms with Crippen LogP contribution in [-0.2, 0) is 0 Å². The standard InChI is InChI=1S/C57H35N3OS/c1-2-10-40(11-3-1)50-34-51(60-57(59-50)42-29-23-37(24-30-42)36-19-21-38(22-20-36)43-12-9-33-58-35-43)41-27-25-39(26-28-41)44-31-32-46(54-49-14-4-6-17-52(49)61-55(44)54)48-16-8-15-47-45-13-5-7-18-53(45)62-56(47)48/h1-35H. The van der Waals surface area contributed by atoms with Gasteiger partial charge in [0.05, 0.1) is 11.4 Å². The highest BCUT2D eigenvalue weighted by molar-refractivity contribution is 7.26. The molecule has 0 aliphatic rings. The Balaban J connectivity index is 0.918. The van der Waals surface area contributed by atoms with Crippen molar-refractivity contribution < 1.29 is 4.42 Å². The molecule has 8 aromatic carbocycles. The van der Waals surface area contributed by atoms with Crippen LogP contribution < -0.4 is 0 Å². The zero-order valence-corrected chi connectivity index (χ0v) is 34.2. The summed E-state index contributed by atoms with van der Waals surface area (Å²) in [5.41, 5.74) is 15.5. The Bertz CT molecular complexity index is 3590. The first-order valence-electron chi connectivity index (χ1n) is 20.7. The minimum absolute atomic E-state index is 0.678. The molecule has 0 spiro atoms. The lowest BCUT2D eigenvalue weighted by Gasteiger charge is -2.12. The molecule has 290 valence electrons. The van der Waals surface area contributed by atoms with Crippen LogP contribution in [0, 0.1) is 0 Å². The summed E-state index contributed by atoms with van der Waals surface area (Å²) < 4.78 is 9.34. The molecule has 0 saturated heterocycles. The summed E-state index contributed by atoms with van der Waals surface area (Å²) in [6, 6.07) is 70.5. The Kier molecular flexibility index (Phi) is 8.65. The predicted molar refractivity (Wildman–Crippen MR) is 258 cm³/mol. The van der Waals surface area contributed by atoms with Gasteiger partial charge in [-0.25, -0.2) is 9.97 Å². The highest BCUT2D eigenvalue weighted by atomic mass is 32.1. The highest BCUT2D eigenvalue weighted by Crippen LogP contribution is 2.46. The summed E-state index contributed by atoms with van der Waals surface area (Å²) in [6.45, 7) is 0. The number of aromatic nitrogens is 3. The summed E-state index contributed by atoms with van der Waals surface area (Å²) in [7, 11) is 0. The quantitative estimate of drug-likeness (QED) is 0.161. The second-order valence-electron chi connectivity index (χ2n) is 15.5. The van der Waals surface area contributed by atoms with E-state index in [1.165, 1.54) is 31.3 Å². The van der Waals surface area contributed by atoms with Gasteiger partial charge in [-0.05, 0) is 63.7 Å². The van der Waals surface area contributed by atoms with Crippen LogP contribution in [-0.4, -0.2) is 15.0 Å². The topological polar surface area (TPSA) is 51.8 Å². The number of benzene rings is 8. The van der Waals surface area contributed by atoms with Crippen molar-refractivity contribution in [3.8, 4) is 78.4 Å². The molecule has 0 fully saturated rings. The lowest BCUT2D eigenvalue weighted by atomic mass is 9.93. The van der Waals surface area contributed by atoms with Crippen molar-refractivity contribution in [1.29, 1.82) is 0 Å². The van der Waals surface area contributed by atoms with Gasteiger partial charge in [0.15, 0.2) is 5.82 Å². The second-order valence-corrected chi connectivity index (χ2v) is 16.6. The van der Waals surface area contributed by atoms with Crippen LogP contribution >= 0.6 is 11.3 Å². The largest absolute Gasteiger partial charge is 0.455 e. The molecule has 4 aromatic heterocycles. The van der Waals surface area contributed by atoms with Crippen molar-refractivity contribution in [2.24, 2.45) is 0 Å². The van der Waals surface area contributed by atoms with Gasteiger partial charge in [0.1, 0.15) is 11.2 Å². The Morgan fingerprint density at radius 1 is 0.387 bits per heavy atom. The third-order valence-corrected chi connectivity index (χ3v) is 13.1. The average Bonchev–Trinajstić information content (AvgIpc) is 3.94. The summed E-state index contributed by atoms with van der Waals surface area (Å²) in [4.78, 5) is 14.6. The van der Waals surface area contributed by atoms with Crippen LogP contribution in [0.5, 0.6) is 0 Å². The molecular weight excluding hydrogens is 775 g/mol. The zero-order chi connectivity index (χ0) is 41.0. The average molecular weight is 810 g/mol. The summed E-state index contributed by atoms with van der Waals surface area (Å²) in [5, 5.41) is 4.83. The molecule has 4 nitrogen and oxygen atoms in total. The molecule has 0 aliphatic carbocycles. The monoisotopic (exact) mass is 809 g/mol. The van der Waals surface area contributed by atoms with Crippen LogP contribution in [0.4, 0.5) is 0 Å². The molecule has 5 heteroatoms. The number of fused-ring (bicyclic) bond motifs is 6. The Hall–Kier alpha value is -7.99. The summed E-state index contributed by atoms with van der Waals surface area (Å²) in [5.74, 6) is 0.678. The minimum atomic E-state index is 0.678. The number of hydrogen-bond donors (Lipinski definition) is 0. The Morgan fingerprint density at radius 3 is 1.71 bits per heavy atom. The number of furan rings is 1. The summed E-state index contributed by atoms with van der Waals surface area (Å²) >= 11 is 1.86. The molecule has 62 heavy (non-hydrogen) atoms. The zero-order valence-electron chi connectivity index (χ0n) is 33.4. The van der Waals surface area contributed by atoms with E-state index in [9.17, 15) is 0 Å². The van der Waals surface area contributed by atoms with Crippen LogP contribution in [0.15, 0.2) is 217 Å². The lowest BCUT2D eigenvalue weighted by Crippen LogP contribution is -1.96. The maximum absolute atomic E-state index is 6.76. The van der Waals surface area contributed by atoms with Gasteiger partial charge in [-0.15, -0.1) is 11.3 Å². The third kappa shape index (κ3) is 6.26. The van der Waals surface area contributed by atoms with E-state index in [1.54, 1.807) is 6.20 Å². The molecule has 0 radical (unpaired) electrons. The minimum Gasteiger partial charge on any atom is -0.455 e. The first-order chi connectivity index (χ1) is 30.7. The number of thiophene rings is 1. The number of nitrogens with zero attached hydrogens (tertiary/aromatic N) is 3. The van der Waals surface area contributed by atoms with Crippen LogP contribution in [0.1, 0.15) is 0 Å². The van der Waals surface area contributed by atoms with Crippen molar-refractivity contribution in [1.82, 2.24) is 15.0 Å². The maximum Gasteiger partial charge on any atom is 0.160 e. The molecule has 0 saturated carbocycles. The maximum atomic E-state index is 6.76. The molecule has 12 aromatic rings. The van der Waals surface area contributed by atoms with Gasteiger partial charge in [-0.1, -0.05) is 170 Å². The lowest BCUT2D eigenvalue weighted by molar-refractivity contribution is 0.670. The van der Waals surface area contributed by atoms with E-state index >= 15 is 0 Å². The van der Waals surface area contributed by atoms with Gasteiger partial charge < -0.3 is 4.42 Å². The van der Waals surface area contributed by atoms with E-state index in [4.69, 9.17) is 14.4 Å². The van der Waals surface area contributed by atoms with Crippen molar-refractivity contribution in [2.45, 2.75) is 0 Å². The van der Waals surface area contributed by atoms with Gasteiger partial charge >= 0.3 is 0 Å². The predicted octanol–water partition coefficient (Wildman–Crippen LogP) is 15.8. The van der Waals surface area contributed by atoms with Crippen molar-refractivity contribution in [3.63, 3.8) is 0 Å². The molecule has 0 atom stereocenters. The van der Waals surface area contributed by atoms with Gasteiger partial charge in [-0.2, -0.15) is 0 Å². The molecule has 12 rings (SSSR count). The van der Waals surface area contributed by atoms with E-state index in [0.717, 1.165) is 83.4 Å². The molecule has 4 heterocycles. The first-order valence-corrected chi connectivity index (χ1v) is 21.5. The number of rotatable bonds is 7. The van der Waals surface area contributed by atoms with E-state index in [1.807, 2.05) is 47.9 Å². The van der Waals surface area contributed by atoms with Gasteiger partial charge in [0, 0.05) is 71.2 Å². The Morgan fingerprint density at radius 2 is 0.968 bits per heavy atom. The van der Waals surface area contributed by atoms with E-state index in [2.05, 4.69) is 175 Å². The number of para-hydroxylation sites is 1. The van der Waals surface area contributed by atoms with Crippen LogP contribution in [0.25, 0.3) is 121 Å². The number of pyridine rings is 1. The fourth-order valence-corrected chi connectivity index (χ4v) is 9.97. The second kappa shape index (κ2) is 14.9. The Labute approximate surface area is 362 Å². The molecular formula is C57H35N3OS. The van der Waals surface area contributed by atoms with Gasteiger partial charge in [-0.3, -0.25) is 4.98 Å². The molecule has 0 aliphatic heterocycles. The smallest absolute Gasteiger partial charge is 0.160 e. The van der Waals surface area contributed by atoms with E-state index < -0.39 is 0 Å². The molecule has 0 amide bonds. The van der Waals surface area contributed by atoms with E-state index in [0.29, 0.717) is 5.82 Å². The van der Waals surface area contributed by atoms with Crippen molar-refractivity contribution in [3.05, 3.63) is 213 Å². The molecule has 0 N–H and O–H groups in total. The third-order valence-electron chi connectivity index (χ3n) is 11.9. The van der Waals surface area contributed by atoms with Crippen molar-refractivity contribution in [2.75, 3.05) is 0 Å². The SMILES string of the molecule is c1ccc(-c2cc(-c3ccc(-c4ccc(-c5cccc6c5sc5ccccc56)c5c4oc4ccccc45)cc3)nc(-c3ccc(-c4ccc(-c5cccnc5)cc4)cc3)n2)cc1. The number of hydrogen-bond acceptors (Lipinski definition) is 5.